The number of carbonyl (C=O) groups is 1. The van der Waals surface area contributed by atoms with Crippen LogP contribution >= 0.6 is 23.5 Å². The van der Waals surface area contributed by atoms with Crippen molar-refractivity contribution in [3.05, 3.63) is 60.9 Å². The topological polar surface area (TPSA) is 125 Å². The smallest absolute Gasteiger partial charge is 0.411 e. The van der Waals surface area contributed by atoms with E-state index in [9.17, 15) is 4.79 Å². The first kappa shape index (κ1) is 37.4. The fourth-order valence-electron chi connectivity index (χ4n) is 5.66. The minimum atomic E-state index is -0.470. The maximum Gasteiger partial charge on any atom is 0.411 e. The number of anilines is 2. The van der Waals surface area contributed by atoms with E-state index in [1.165, 1.54) is 23.0 Å². The molecule has 2 aliphatic heterocycles. The molecule has 6 rings (SSSR count). The molecule has 3 N–H and O–H groups in total. The van der Waals surface area contributed by atoms with E-state index in [4.69, 9.17) is 19.9 Å². The normalized spacial score (nSPS) is 15.3. The van der Waals surface area contributed by atoms with Gasteiger partial charge in [-0.3, -0.25) is 24.5 Å². The van der Waals surface area contributed by atoms with E-state index in [-0.39, 0.29) is 6.10 Å². The highest BCUT2D eigenvalue weighted by Crippen LogP contribution is 2.33. The highest BCUT2D eigenvalue weighted by molar-refractivity contribution is 7.99. The summed E-state index contributed by atoms with van der Waals surface area (Å²) in [5.41, 5.74) is 11.1. The molecule has 14 heteroatoms. The van der Waals surface area contributed by atoms with Gasteiger partial charge in [-0.25, -0.2) is 4.79 Å². The third-order valence-corrected chi connectivity index (χ3v) is 10.2. The molecule has 2 aromatic carbocycles. The van der Waals surface area contributed by atoms with Crippen LogP contribution < -0.4 is 20.5 Å². The number of hydrogen-bond acceptors (Lipinski definition) is 11. The number of nitrogen functional groups attached to an aromatic ring is 1. The third kappa shape index (κ3) is 11.1. The van der Waals surface area contributed by atoms with Gasteiger partial charge < -0.3 is 19.9 Å². The standard InChI is InChI=1S/C20H28N4O3S.C16H22N4OS/c1-15(2)27-20(25)22-16-4-5-19(17(14-16)18-6-7-21-23(18)3)26-11-8-24-9-12-28-13-10-24;1-19-15(4-5-18-19)14-12-13(17)2-3-16(14)21-9-6-20-7-10-22-11-8-20/h4-7,14-15H,8-13H2,1-3H3,(H,22,25);2-5,12H,6-11,17H2,1H3. The molecule has 0 atom stereocenters. The molecule has 0 unspecified atom stereocenters. The van der Waals surface area contributed by atoms with Crippen molar-refractivity contribution in [1.29, 1.82) is 0 Å². The Morgan fingerprint density at radius 3 is 1.76 bits per heavy atom. The Hall–Kier alpha value is -3.85. The van der Waals surface area contributed by atoms with Gasteiger partial charge >= 0.3 is 6.09 Å². The molecule has 12 nitrogen and oxygen atoms in total. The zero-order valence-corrected chi connectivity index (χ0v) is 31.2. The molecule has 2 aliphatic rings. The molecule has 4 heterocycles. The zero-order chi connectivity index (χ0) is 35.3. The molecule has 4 aromatic rings. The van der Waals surface area contributed by atoms with Crippen molar-refractivity contribution in [1.82, 2.24) is 29.4 Å². The number of thioether (sulfide) groups is 2. The number of amides is 1. The number of rotatable bonds is 12. The number of carbonyl (C=O) groups excluding carboxylic acids is 1. The summed E-state index contributed by atoms with van der Waals surface area (Å²) < 4.78 is 20.9. The minimum Gasteiger partial charge on any atom is -0.492 e. The quantitative estimate of drug-likeness (QED) is 0.179. The summed E-state index contributed by atoms with van der Waals surface area (Å²) in [4.78, 5) is 16.8. The Balaban J connectivity index is 0.000000200. The number of nitrogens with two attached hydrogens (primary N) is 1. The number of nitrogens with one attached hydrogen (secondary N) is 1. The second-order valence-corrected chi connectivity index (χ2v) is 14.8. The van der Waals surface area contributed by atoms with Gasteiger partial charge in [-0.2, -0.15) is 33.7 Å². The van der Waals surface area contributed by atoms with Crippen LogP contribution in [0.5, 0.6) is 11.5 Å². The van der Waals surface area contributed by atoms with Gasteiger partial charge in [0.15, 0.2) is 0 Å². The van der Waals surface area contributed by atoms with Crippen molar-refractivity contribution in [3.8, 4) is 34.0 Å². The first-order valence-electron chi connectivity index (χ1n) is 17.1. The minimum absolute atomic E-state index is 0.174. The van der Waals surface area contributed by atoms with Gasteiger partial charge in [-0.15, -0.1) is 0 Å². The van der Waals surface area contributed by atoms with Crippen molar-refractivity contribution in [2.45, 2.75) is 20.0 Å². The molecule has 270 valence electrons. The van der Waals surface area contributed by atoms with Gasteiger partial charge in [0.1, 0.15) is 24.7 Å². The second-order valence-electron chi connectivity index (χ2n) is 12.3. The number of benzene rings is 2. The summed E-state index contributed by atoms with van der Waals surface area (Å²) in [6, 6.07) is 15.3. The first-order valence-corrected chi connectivity index (χ1v) is 19.4. The number of ether oxygens (including phenoxy) is 3. The highest BCUT2D eigenvalue weighted by Gasteiger charge is 2.16. The Kier molecular flexibility index (Phi) is 14.2. The van der Waals surface area contributed by atoms with E-state index in [1.54, 1.807) is 17.1 Å². The van der Waals surface area contributed by atoms with Crippen molar-refractivity contribution in [3.63, 3.8) is 0 Å². The highest BCUT2D eigenvalue weighted by atomic mass is 32.2. The number of hydrogen-bond donors (Lipinski definition) is 2. The predicted octanol–water partition coefficient (Wildman–Crippen LogP) is 5.57. The summed E-state index contributed by atoms with van der Waals surface area (Å²) in [7, 11) is 3.81. The van der Waals surface area contributed by atoms with E-state index in [2.05, 4.69) is 25.3 Å². The number of aromatic nitrogens is 4. The molecule has 2 saturated heterocycles. The Morgan fingerprint density at radius 2 is 1.28 bits per heavy atom. The summed E-state index contributed by atoms with van der Waals surface area (Å²) in [5.74, 6) is 6.46. The average Bonchev–Trinajstić information content (AvgIpc) is 3.74. The Bertz CT molecular complexity index is 1650. The molecular formula is C36H50N8O4S2. The van der Waals surface area contributed by atoms with E-state index in [0.717, 1.165) is 79.0 Å². The van der Waals surface area contributed by atoms with Gasteiger partial charge in [-0.1, -0.05) is 0 Å². The molecule has 0 bridgehead atoms. The molecule has 2 fully saturated rings. The summed E-state index contributed by atoms with van der Waals surface area (Å²) in [6.45, 7) is 11.4. The predicted molar refractivity (Wildman–Crippen MR) is 205 cm³/mol. The van der Waals surface area contributed by atoms with Crippen molar-refractivity contribution in [2.75, 3.05) is 86.5 Å². The van der Waals surface area contributed by atoms with Gasteiger partial charge in [-0.05, 0) is 62.4 Å². The summed E-state index contributed by atoms with van der Waals surface area (Å²) in [6.07, 6.45) is 2.89. The van der Waals surface area contributed by atoms with Crippen LogP contribution in [0.15, 0.2) is 60.9 Å². The first-order chi connectivity index (χ1) is 24.3. The van der Waals surface area contributed by atoms with Crippen LogP contribution in [0.3, 0.4) is 0 Å². The molecule has 2 aromatic heterocycles. The van der Waals surface area contributed by atoms with Gasteiger partial charge in [0.25, 0.3) is 0 Å². The van der Waals surface area contributed by atoms with E-state index >= 15 is 0 Å². The fraction of sp³-hybridized carbons (Fsp3) is 0.472. The van der Waals surface area contributed by atoms with Crippen LogP contribution in [0.25, 0.3) is 22.5 Å². The molecule has 0 aliphatic carbocycles. The van der Waals surface area contributed by atoms with Crippen LogP contribution in [0, 0.1) is 0 Å². The molecule has 0 radical (unpaired) electrons. The maximum absolute atomic E-state index is 11.9. The van der Waals surface area contributed by atoms with E-state index in [1.807, 2.05) is 105 Å². The summed E-state index contributed by atoms with van der Waals surface area (Å²) >= 11 is 4.03. The lowest BCUT2D eigenvalue weighted by Gasteiger charge is -2.26. The Labute approximate surface area is 304 Å². The molecular weight excluding hydrogens is 673 g/mol. The van der Waals surface area contributed by atoms with Crippen LogP contribution in [0.1, 0.15) is 13.8 Å². The summed E-state index contributed by atoms with van der Waals surface area (Å²) in [5, 5.41) is 11.3. The SMILES string of the molecule is CC(C)OC(=O)Nc1ccc(OCCN2CCSCC2)c(-c2ccnn2C)c1.Cn1nccc1-c1cc(N)ccc1OCCN1CCSCC1. The maximum atomic E-state index is 11.9. The average molecular weight is 723 g/mol. The number of nitrogens with zero attached hydrogens (tertiary/aromatic N) is 6. The van der Waals surface area contributed by atoms with Gasteiger partial charge in [0.05, 0.1) is 17.5 Å². The number of aryl methyl sites for hydroxylation is 2. The lowest BCUT2D eigenvalue weighted by molar-refractivity contribution is 0.130. The lowest BCUT2D eigenvalue weighted by atomic mass is 10.1. The van der Waals surface area contributed by atoms with Crippen LogP contribution in [-0.2, 0) is 18.8 Å². The third-order valence-electron chi connectivity index (χ3n) is 8.30. The van der Waals surface area contributed by atoms with Gasteiger partial charge in [0, 0.05) is 111 Å². The van der Waals surface area contributed by atoms with E-state index < -0.39 is 6.09 Å². The van der Waals surface area contributed by atoms with E-state index in [0.29, 0.717) is 18.9 Å². The second kappa shape index (κ2) is 18.9. The monoisotopic (exact) mass is 722 g/mol. The van der Waals surface area contributed by atoms with Gasteiger partial charge in [0.2, 0.25) is 0 Å². The molecule has 50 heavy (non-hydrogen) atoms. The lowest BCUT2D eigenvalue weighted by Crippen LogP contribution is -2.35. The molecule has 0 spiro atoms. The molecule has 1 amide bonds. The van der Waals surface area contributed by atoms with Crippen LogP contribution in [-0.4, -0.2) is 117 Å². The zero-order valence-electron chi connectivity index (χ0n) is 29.5. The van der Waals surface area contributed by atoms with Crippen molar-refractivity contribution in [2.24, 2.45) is 14.1 Å². The Morgan fingerprint density at radius 1 is 0.780 bits per heavy atom. The largest absolute Gasteiger partial charge is 0.492 e. The van der Waals surface area contributed by atoms with Crippen LogP contribution in [0.2, 0.25) is 0 Å². The fourth-order valence-corrected chi connectivity index (χ4v) is 7.62. The van der Waals surface area contributed by atoms with Crippen molar-refractivity contribution >= 4 is 41.0 Å². The van der Waals surface area contributed by atoms with Crippen molar-refractivity contribution < 1.29 is 19.0 Å². The van der Waals surface area contributed by atoms with Crippen LogP contribution in [0.4, 0.5) is 16.2 Å². The molecule has 0 saturated carbocycles.